The van der Waals surface area contributed by atoms with Gasteiger partial charge in [0.2, 0.25) is 0 Å². The van der Waals surface area contributed by atoms with Gasteiger partial charge >= 0.3 is 0 Å². The molecule has 2 aliphatic rings. The number of aromatic nitrogens is 4. The van der Waals surface area contributed by atoms with Crippen LogP contribution in [0.4, 0.5) is 14.6 Å². The highest BCUT2D eigenvalue weighted by Crippen LogP contribution is 2.39. The lowest BCUT2D eigenvalue weighted by Crippen LogP contribution is -2.53. The normalized spacial score (nSPS) is 20.4. The maximum Gasteiger partial charge on any atom is 0.271 e. The maximum absolute atomic E-state index is 14.4. The quantitative estimate of drug-likeness (QED) is 0.434. The number of amides is 1. The number of hydrogen-bond acceptors (Lipinski definition) is 7. The molecule has 3 heterocycles. The molecule has 3 aromatic rings. The fourth-order valence-electron chi connectivity index (χ4n) is 5.42. The summed E-state index contributed by atoms with van der Waals surface area (Å²) in [6.07, 6.45) is 6.05. The Morgan fingerprint density at radius 1 is 1.25 bits per heavy atom. The van der Waals surface area contributed by atoms with Crippen molar-refractivity contribution in [2.24, 2.45) is 5.92 Å². The van der Waals surface area contributed by atoms with Crippen LogP contribution in [0, 0.1) is 24.5 Å². The molecular weight excluding hydrogens is 524 g/mol. The number of benzene rings is 1. The monoisotopic (exact) mass is 557 g/mol. The van der Waals surface area contributed by atoms with Crippen molar-refractivity contribution < 1.29 is 27.8 Å². The summed E-state index contributed by atoms with van der Waals surface area (Å²) >= 11 is 0. The Morgan fingerprint density at radius 2 is 2.00 bits per heavy atom. The van der Waals surface area contributed by atoms with Crippen LogP contribution in [0.25, 0.3) is 0 Å². The molecule has 1 aliphatic carbocycles. The van der Waals surface area contributed by atoms with Crippen LogP contribution in [0.1, 0.15) is 52.0 Å². The van der Waals surface area contributed by atoms with Crippen molar-refractivity contribution >= 4 is 11.7 Å². The first-order chi connectivity index (χ1) is 19.0. The molecule has 1 aromatic carbocycles. The van der Waals surface area contributed by atoms with Gasteiger partial charge in [-0.15, -0.1) is 0 Å². The van der Waals surface area contributed by atoms with Crippen LogP contribution in [0.5, 0.6) is 11.5 Å². The zero-order chi connectivity index (χ0) is 28.7. The first-order valence-corrected chi connectivity index (χ1v) is 13.4. The molecule has 1 N–H and O–H groups in total. The van der Waals surface area contributed by atoms with E-state index in [1.54, 1.807) is 23.9 Å². The van der Waals surface area contributed by atoms with Crippen LogP contribution < -0.4 is 15.6 Å². The molecule has 2 aromatic heterocycles. The number of hydrogen-bond donors (Lipinski definition) is 1. The Labute approximate surface area is 230 Å². The minimum Gasteiger partial charge on any atom is -0.449 e. The summed E-state index contributed by atoms with van der Waals surface area (Å²) in [5.41, 5.74) is -1.79. The summed E-state index contributed by atoms with van der Waals surface area (Å²) in [6.45, 7) is 7.73. The molecule has 1 unspecified atom stereocenters. The van der Waals surface area contributed by atoms with Gasteiger partial charge in [-0.2, -0.15) is 10.2 Å². The minimum atomic E-state index is -1.35. The molecule has 0 spiro atoms. The molecule has 2 atom stereocenters. The van der Waals surface area contributed by atoms with E-state index in [9.17, 15) is 18.4 Å². The molecule has 1 saturated heterocycles. The van der Waals surface area contributed by atoms with Gasteiger partial charge in [-0.1, -0.05) is 18.9 Å². The lowest BCUT2D eigenvalue weighted by Gasteiger charge is -2.34. The van der Waals surface area contributed by atoms with Gasteiger partial charge in [0.25, 0.3) is 11.5 Å². The Bertz CT molecular complexity index is 1470. The Hall–Kier alpha value is -3.64. The maximum atomic E-state index is 14.4. The number of ether oxygens (including phenoxy) is 3. The molecule has 40 heavy (non-hydrogen) atoms. The number of anilines is 1. The van der Waals surface area contributed by atoms with Crippen LogP contribution in [-0.2, 0) is 26.4 Å². The van der Waals surface area contributed by atoms with Crippen LogP contribution in [0.15, 0.2) is 41.5 Å². The van der Waals surface area contributed by atoms with Crippen molar-refractivity contribution in [3.8, 4) is 11.5 Å². The number of nitrogens with one attached hydrogen (secondary N) is 1. The summed E-state index contributed by atoms with van der Waals surface area (Å²) in [6, 6.07) is 5.13. The van der Waals surface area contributed by atoms with Crippen molar-refractivity contribution in [3.63, 3.8) is 0 Å². The summed E-state index contributed by atoms with van der Waals surface area (Å²) in [4.78, 5) is 27.1. The van der Waals surface area contributed by atoms with Gasteiger partial charge in [-0.05, 0) is 58.1 Å². The van der Waals surface area contributed by atoms with E-state index in [2.05, 4.69) is 15.5 Å². The molecule has 10 nitrogen and oxygen atoms in total. The zero-order valence-electron chi connectivity index (χ0n) is 22.9. The highest BCUT2D eigenvalue weighted by Gasteiger charge is 2.46. The third-order valence-electron chi connectivity index (χ3n) is 7.63. The summed E-state index contributed by atoms with van der Waals surface area (Å²) in [7, 11) is 0. The fraction of sp³-hybridized carbons (Fsp3) is 0.500. The SMILES string of the molecule is Cc1ccc(F)c(Oc2cnn(C(C)(C(=O)Nc3ccn(C[C@@H]4COC(C)(C)O4)n3)C3CCCC3)c(=O)c2)c1F. The molecule has 214 valence electrons. The number of halogens is 2. The van der Waals surface area contributed by atoms with Crippen molar-refractivity contribution in [2.75, 3.05) is 11.9 Å². The molecule has 2 fully saturated rings. The highest BCUT2D eigenvalue weighted by molar-refractivity contribution is 5.95. The third kappa shape index (κ3) is 5.50. The molecule has 12 heteroatoms. The van der Waals surface area contributed by atoms with E-state index >= 15 is 0 Å². The smallest absolute Gasteiger partial charge is 0.271 e. The lowest BCUT2D eigenvalue weighted by atomic mass is 9.83. The van der Waals surface area contributed by atoms with E-state index < -0.39 is 40.2 Å². The molecular formula is C28H33F2N5O5. The average molecular weight is 558 g/mol. The topological polar surface area (TPSA) is 110 Å². The van der Waals surface area contributed by atoms with Crippen LogP contribution in [0.2, 0.25) is 0 Å². The molecule has 5 rings (SSSR count). The van der Waals surface area contributed by atoms with Crippen LogP contribution in [-0.4, -0.2) is 44.0 Å². The van der Waals surface area contributed by atoms with Crippen LogP contribution in [0.3, 0.4) is 0 Å². The van der Waals surface area contributed by atoms with Gasteiger partial charge in [0.1, 0.15) is 11.6 Å². The number of carbonyl (C=O) groups is 1. The zero-order valence-corrected chi connectivity index (χ0v) is 22.9. The number of rotatable bonds is 8. The third-order valence-corrected chi connectivity index (χ3v) is 7.63. The standard InChI is InChI=1S/C28H33F2N5O5/c1-17-9-10-21(29)25(24(17)30)39-19-13-23(36)35(31-14-19)28(4,18-7-5-6-8-18)26(37)32-22-11-12-34(33-22)15-20-16-38-27(2,3)40-20/h9-14,18,20H,5-8,15-16H2,1-4H3,(H,32,33,37)/t20-,28?/m1/s1. The summed E-state index contributed by atoms with van der Waals surface area (Å²) in [5.74, 6) is -3.46. The van der Waals surface area contributed by atoms with E-state index in [4.69, 9.17) is 14.2 Å². The first-order valence-electron chi connectivity index (χ1n) is 13.4. The summed E-state index contributed by atoms with van der Waals surface area (Å²) < 4.78 is 48.2. The second-order valence-corrected chi connectivity index (χ2v) is 11.0. The van der Waals surface area contributed by atoms with Crippen molar-refractivity contribution in [2.45, 2.75) is 77.4 Å². The molecule has 1 amide bonds. The van der Waals surface area contributed by atoms with Crippen molar-refractivity contribution in [1.29, 1.82) is 0 Å². The van der Waals surface area contributed by atoms with Gasteiger partial charge in [-0.3, -0.25) is 14.3 Å². The Kier molecular flexibility index (Phi) is 7.49. The van der Waals surface area contributed by atoms with Gasteiger partial charge in [0.05, 0.1) is 19.3 Å². The van der Waals surface area contributed by atoms with Gasteiger partial charge in [-0.25, -0.2) is 13.5 Å². The minimum absolute atomic E-state index is 0.140. The Balaban J connectivity index is 1.37. The van der Waals surface area contributed by atoms with E-state index in [-0.39, 0.29) is 23.3 Å². The van der Waals surface area contributed by atoms with Crippen LogP contribution >= 0.6 is 0 Å². The fourth-order valence-corrected chi connectivity index (χ4v) is 5.42. The lowest BCUT2D eigenvalue weighted by molar-refractivity contribution is -0.139. The van der Waals surface area contributed by atoms with Crippen molar-refractivity contribution in [3.05, 3.63) is 64.2 Å². The van der Waals surface area contributed by atoms with E-state index in [0.717, 1.165) is 42.5 Å². The molecule has 1 aliphatic heterocycles. The largest absolute Gasteiger partial charge is 0.449 e. The van der Waals surface area contributed by atoms with Gasteiger partial charge in [0.15, 0.2) is 34.7 Å². The van der Waals surface area contributed by atoms with Gasteiger partial charge < -0.3 is 19.5 Å². The van der Waals surface area contributed by atoms with Crippen molar-refractivity contribution in [1.82, 2.24) is 19.6 Å². The first kappa shape index (κ1) is 27.9. The van der Waals surface area contributed by atoms with E-state index in [1.807, 2.05) is 13.8 Å². The molecule has 1 saturated carbocycles. The predicted octanol–water partition coefficient (Wildman–Crippen LogP) is 4.51. The highest BCUT2D eigenvalue weighted by atomic mass is 19.1. The molecule has 0 bridgehead atoms. The van der Waals surface area contributed by atoms with Gasteiger partial charge in [0, 0.05) is 18.3 Å². The second kappa shape index (κ2) is 10.7. The number of nitrogens with zero attached hydrogens (tertiary/aromatic N) is 4. The number of aryl methyl sites for hydroxylation is 1. The Morgan fingerprint density at radius 3 is 2.67 bits per heavy atom. The predicted molar refractivity (Wildman–Crippen MR) is 141 cm³/mol. The second-order valence-electron chi connectivity index (χ2n) is 11.0. The van der Waals surface area contributed by atoms with E-state index in [0.29, 0.717) is 19.0 Å². The average Bonchev–Trinajstić information content (AvgIpc) is 3.66. The number of carbonyl (C=O) groups excluding carboxylic acids is 1. The molecule has 0 radical (unpaired) electrons. The summed E-state index contributed by atoms with van der Waals surface area (Å²) in [5, 5.41) is 11.5. The van der Waals surface area contributed by atoms with E-state index in [1.165, 1.54) is 19.2 Å².